The number of nitrogens with zero attached hydrogens (tertiary/aromatic N) is 1. The molecule has 14 heavy (non-hydrogen) atoms. The van der Waals surface area contributed by atoms with Crippen molar-refractivity contribution in [3.63, 3.8) is 0 Å². The highest BCUT2D eigenvalue weighted by atomic mass is 32.1. The number of benzene rings is 1. The molecular formula is C11H15NOS. The number of hydrogen-bond donors (Lipinski definition) is 0. The largest absolute Gasteiger partial charge is 0.497 e. The van der Waals surface area contributed by atoms with Crippen molar-refractivity contribution in [2.45, 2.75) is 13.8 Å². The summed E-state index contributed by atoms with van der Waals surface area (Å²) in [6, 6.07) is 5.70. The van der Waals surface area contributed by atoms with Gasteiger partial charge < -0.3 is 4.74 Å². The van der Waals surface area contributed by atoms with E-state index in [4.69, 9.17) is 4.74 Å². The molecule has 3 heteroatoms. The normalized spacial score (nSPS) is 8.21. The lowest BCUT2D eigenvalue weighted by Crippen LogP contribution is -1.82. The Morgan fingerprint density at radius 3 is 2.43 bits per heavy atom. The Morgan fingerprint density at radius 2 is 2.07 bits per heavy atom. The predicted molar refractivity (Wildman–Crippen MR) is 66.3 cm³/mol. The lowest BCUT2D eigenvalue weighted by atomic mass is 10.2. The topological polar surface area (TPSA) is 21.6 Å². The average Bonchev–Trinajstić information content (AvgIpc) is 2.19. The Balaban J connectivity index is 0.000000500. The van der Waals surface area contributed by atoms with E-state index >= 15 is 0 Å². The van der Waals surface area contributed by atoms with E-state index in [1.54, 1.807) is 12.5 Å². The zero-order valence-corrected chi connectivity index (χ0v) is 9.60. The van der Waals surface area contributed by atoms with Gasteiger partial charge in [0, 0.05) is 0 Å². The third-order valence-electron chi connectivity index (χ3n) is 1.57. The summed E-state index contributed by atoms with van der Waals surface area (Å²) in [6.07, 6.45) is 0. The first kappa shape index (κ1) is 12.8. The maximum absolute atomic E-state index is 5.03. The molecule has 0 saturated heterocycles. The molecule has 0 saturated carbocycles. The first-order chi connectivity index (χ1) is 6.69. The minimum absolute atomic E-state index is 0.856. The summed E-state index contributed by atoms with van der Waals surface area (Å²) in [5.74, 6) is 0.856. The van der Waals surface area contributed by atoms with Crippen LogP contribution in [0, 0.1) is 6.92 Å². The smallest absolute Gasteiger partial charge is 0.119 e. The Hall–Kier alpha value is -1.22. The number of thiocarbonyl (C=S) groups is 1. The minimum Gasteiger partial charge on any atom is -0.497 e. The van der Waals surface area contributed by atoms with Gasteiger partial charge in [-0.2, -0.15) is 0 Å². The van der Waals surface area contributed by atoms with Gasteiger partial charge in [0.2, 0.25) is 0 Å². The summed E-state index contributed by atoms with van der Waals surface area (Å²) in [6.45, 7) is 7.25. The summed E-state index contributed by atoms with van der Waals surface area (Å²) in [5.41, 5.74) is 1.99. The summed E-state index contributed by atoms with van der Waals surface area (Å²) < 4.78 is 5.03. The molecule has 0 fully saturated rings. The van der Waals surface area contributed by atoms with Crippen LogP contribution in [0.1, 0.15) is 12.5 Å². The second-order valence-electron chi connectivity index (χ2n) is 2.55. The van der Waals surface area contributed by atoms with Crippen LogP contribution in [0.4, 0.5) is 5.69 Å². The van der Waals surface area contributed by atoms with Crippen LogP contribution in [0.25, 0.3) is 0 Å². The van der Waals surface area contributed by atoms with Crippen molar-refractivity contribution in [1.82, 2.24) is 0 Å². The molecule has 1 aromatic carbocycles. The van der Waals surface area contributed by atoms with Crippen molar-refractivity contribution in [2.75, 3.05) is 7.11 Å². The van der Waals surface area contributed by atoms with Crippen LogP contribution < -0.4 is 4.74 Å². The van der Waals surface area contributed by atoms with Crippen molar-refractivity contribution < 1.29 is 4.74 Å². The number of aryl methyl sites for hydroxylation is 1. The summed E-state index contributed by atoms with van der Waals surface area (Å²) in [7, 11) is 1.65. The number of ether oxygens (including phenoxy) is 1. The number of aliphatic imine (C=N–C) groups is 1. The van der Waals surface area contributed by atoms with Gasteiger partial charge in [0.25, 0.3) is 0 Å². The van der Waals surface area contributed by atoms with Crippen molar-refractivity contribution in [1.29, 1.82) is 0 Å². The standard InChI is InChI=1S/C9H11NO.C2H4S/c1-7-6-8(11-3)4-5-9(7)10-2;1-2-3/h4-6H,2H2,1,3H3;2H,1H3. The van der Waals surface area contributed by atoms with Crippen LogP contribution in [0.2, 0.25) is 0 Å². The van der Waals surface area contributed by atoms with Crippen molar-refractivity contribution in [3.05, 3.63) is 23.8 Å². The van der Waals surface area contributed by atoms with Gasteiger partial charge in [0.05, 0.1) is 12.8 Å². The van der Waals surface area contributed by atoms with Crippen LogP contribution in [0.3, 0.4) is 0 Å². The summed E-state index contributed by atoms with van der Waals surface area (Å²) in [4.78, 5) is 3.84. The number of rotatable bonds is 2. The van der Waals surface area contributed by atoms with E-state index in [2.05, 4.69) is 23.9 Å². The Labute approximate surface area is 90.6 Å². The summed E-state index contributed by atoms with van der Waals surface area (Å²) in [5, 5.41) is 1.58. The molecule has 0 aromatic heterocycles. The number of methoxy groups -OCH3 is 1. The molecule has 0 bridgehead atoms. The SMILES string of the molecule is C=Nc1ccc(OC)cc1C.CC=S. The minimum atomic E-state index is 0.856. The summed E-state index contributed by atoms with van der Waals surface area (Å²) >= 11 is 4.27. The van der Waals surface area contributed by atoms with Gasteiger partial charge in [-0.05, 0) is 49.7 Å². The predicted octanol–water partition coefficient (Wildman–Crippen LogP) is 3.34. The highest BCUT2D eigenvalue weighted by molar-refractivity contribution is 7.78. The molecule has 0 atom stereocenters. The Morgan fingerprint density at radius 1 is 1.50 bits per heavy atom. The quantitative estimate of drug-likeness (QED) is 0.550. The van der Waals surface area contributed by atoms with Crippen molar-refractivity contribution >= 4 is 30.0 Å². The molecule has 1 aromatic rings. The highest BCUT2D eigenvalue weighted by Crippen LogP contribution is 2.22. The fourth-order valence-electron chi connectivity index (χ4n) is 0.932. The molecule has 0 amide bonds. The molecule has 2 nitrogen and oxygen atoms in total. The Bertz CT molecular complexity index is 310. The van der Waals surface area contributed by atoms with Gasteiger partial charge in [0.15, 0.2) is 0 Å². The van der Waals surface area contributed by atoms with Crippen molar-refractivity contribution in [3.8, 4) is 5.75 Å². The van der Waals surface area contributed by atoms with E-state index in [1.165, 1.54) is 0 Å². The van der Waals surface area contributed by atoms with E-state index in [9.17, 15) is 0 Å². The lowest BCUT2D eigenvalue weighted by molar-refractivity contribution is 0.414. The van der Waals surface area contributed by atoms with Gasteiger partial charge in [0.1, 0.15) is 5.75 Å². The molecule has 0 heterocycles. The monoisotopic (exact) mass is 209 g/mol. The molecule has 0 radical (unpaired) electrons. The molecular weight excluding hydrogens is 194 g/mol. The van der Waals surface area contributed by atoms with E-state index < -0.39 is 0 Å². The fourth-order valence-corrected chi connectivity index (χ4v) is 0.932. The molecule has 76 valence electrons. The van der Waals surface area contributed by atoms with Crippen LogP contribution in [-0.2, 0) is 0 Å². The molecule has 0 N–H and O–H groups in total. The first-order valence-electron chi connectivity index (χ1n) is 4.20. The van der Waals surface area contributed by atoms with Gasteiger partial charge >= 0.3 is 0 Å². The van der Waals surface area contributed by atoms with Gasteiger partial charge in [-0.25, -0.2) is 0 Å². The third-order valence-corrected chi connectivity index (χ3v) is 1.57. The fraction of sp³-hybridized carbons (Fsp3) is 0.273. The molecule has 0 aliphatic rings. The second-order valence-corrected chi connectivity index (χ2v) is 3.02. The zero-order valence-electron chi connectivity index (χ0n) is 8.78. The van der Waals surface area contributed by atoms with Crippen LogP contribution >= 0.6 is 12.2 Å². The van der Waals surface area contributed by atoms with E-state index in [0.717, 1.165) is 17.0 Å². The average molecular weight is 209 g/mol. The molecule has 0 aliphatic carbocycles. The molecule has 0 spiro atoms. The first-order valence-corrected chi connectivity index (χ1v) is 4.67. The zero-order chi connectivity index (χ0) is 11.0. The molecule has 1 rings (SSSR count). The third kappa shape index (κ3) is 4.14. The lowest BCUT2D eigenvalue weighted by Gasteiger charge is -2.02. The molecule has 0 unspecified atom stereocenters. The van der Waals surface area contributed by atoms with Crippen molar-refractivity contribution in [2.24, 2.45) is 4.99 Å². The van der Waals surface area contributed by atoms with E-state index in [0.29, 0.717) is 0 Å². The molecule has 0 aliphatic heterocycles. The van der Waals surface area contributed by atoms with Gasteiger partial charge in [-0.1, -0.05) is 12.2 Å². The second kappa shape index (κ2) is 7.21. The van der Waals surface area contributed by atoms with Crippen LogP contribution in [0.5, 0.6) is 5.75 Å². The van der Waals surface area contributed by atoms with Crippen LogP contribution in [-0.4, -0.2) is 19.2 Å². The van der Waals surface area contributed by atoms with E-state index in [-0.39, 0.29) is 0 Å². The number of hydrogen-bond acceptors (Lipinski definition) is 3. The van der Waals surface area contributed by atoms with Gasteiger partial charge in [-0.15, -0.1) is 0 Å². The van der Waals surface area contributed by atoms with Crippen LogP contribution in [0.15, 0.2) is 23.2 Å². The highest BCUT2D eigenvalue weighted by Gasteiger charge is 1.96. The van der Waals surface area contributed by atoms with Gasteiger partial charge in [-0.3, -0.25) is 4.99 Å². The maximum Gasteiger partial charge on any atom is 0.119 e. The Kier molecular flexibility index (Phi) is 6.58. The maximum atomic E-state index is 5.03. The van der Waals surface area contributed by atoms with E-state index in [1.807, 2.05) is 32.0 Å².